The zero-order valence-electron chi connectivity index (χ0n) is 49.7. The van der Waals surface area contributed by atoms with Gasteiger partial charge in [0.1, 0.15) is 33.4 Å². The van der Waals surface area contributed by atoms with E-state index in [1.165, 1.54) is 32.1 Å². The number of carboxylic acid groups (broad SMARTS) is 1. The third-order valence-electron chi connectivity index (χ3n) is 13.5. The lowest BCUT2D eigenvalue weighted by Crippen LogP contribution is -2.45. The molecule has 1 saturated heterocycles. The van der Waals surface area contributed by atoms with Crippen molar-refractivity contribution in [3.05, 3.63) is 165 Å². The number of carboxylic acids is 1. The van der Waals surface area contributed by atoms with Crippen LogP contribution in [0, 0.1) is 42.4 Å². The van der Waals surface area contributed by atoms with Gasteiger partial charge in [0.2, 0.25) is 22.1 Å². The molecule has 1 amide bonds. The number of carbonyl (C=O) groups excluding carboxylic acids is 1. The van der Waals surface area contributed by atoms with Crippen LogP contribution in [0.4, 0.5) is 4.79 Å². The van der Waals surface area contributed by atoms with Crippen LogP contribution in [-0.2, 0) is 42.9 Å². The molecule has 6 aromatic rings. The maximum absolute atomic E-state index is 13.5. The summed E-state index contributed by atoms with van der Waals surface area (Å²) in [6.45, 7) is 13.9. The standard InChI is InChI=1S/C64H74N7O12P3/c1-46-12-14-47(15-13-46)16-19-51-36-54(67-60(39-51)85(7,77)78)42-70-32-31-69(41-53-35-50(38-59(66-53)84(6,75)76)20-17-48-22-26-57(81-5)27-23-48)33-34-71(56(44-70)11-9-10-30-65-63(74)83-64(2,3)4)43-55-37-52(40-61(68-55)86(8,79)80)21-18-49-24-28-58(29-25-49)82-45-62(72)73/h12-15,22-29,35-40,56H,9-11,30-34,41-45H2,1-8H3,(H,65,74)(H,72,73)(H,75,76)(H,77,78)(H,79,80)/t56-/m0/s1. The molecule has 0 aliphatic carbocycles. The minimum Gasteiger partial charge on any atom is -0.497 e. The second-order valence-corrected chi connectivity index (χ2v) is 29.0. The smallest absolute Gasteiger partial charge is 0.407 e. The third-order valence-corrected chi connectivity index (χ3v) is 16.7. The number of rotatable bonds is 18. The average molecular weight is 1230 g/mol. The monoisotopic (exact) mass is 1230 g/mol. The fourth-order valence-corrected chi connectivity index (χ4v) is 11.2. The number of nitrogens with zero attached hydrogens (tertiary/aromatic N) is 6. The van der Waals surface area contributed by atoms with Crippen LogP contribution in [-0.4, -0.2) is 146 Å². The molecule has 3 aromatic carbocycles. The highest BCUT2D eigenvalue weighted by Gasteiger charge is 2.29. The molecule has 0 radical (unpaired) electrons. The Balaban J connectivity index is 1.30. The van der Waals surface area contributed by atoms with Crippen LogP contribution in [0.3, 0.4) is 0 Å². The zero-order valence-corrected chi connectivity index (χ0v) is 52.4. The van der Waals surface area contributed by atoms with Crippen LogP contribution in [0.15, 0.2) is 109 Å². The molecule has 0 saturated carbocycles. The highest BCUT2D eigenvalue weighted by atomic mass is 31.2. The third kappa shape index (κ3) is 21.8. The maximum atomic E-state index is 13.5. The van der Waals surface area contributed by atoms with Crippen molar-refractivity contribution in [1.29, 1.82) is 0 Å². The Bertz CT molecular complexity index is 3710. The van der Waals surface area contributed by atoms with Gasteiger partial charge in [-0.05, 0) is 138 Å². The molecular formula is C64H74N7O12P3. The molecule has 19 nitrogen and oxygen atoms in total. The Morgan fingerprint density at radius 2 is 1.01 bits per heavy atom. The topological polar surface area (TPSA) is 254 Å². The van der Waals surface area contributed by atoms with E-state index in [1.807, 2.05) is 55.5 Å². The molecule has 0 bridgehead atoms. The SMILES string of the molecule is COc1ccc(C#Cc2cc(CN3CCN(Cc4cc(C#Cc5ccc(C)cc5)cc(P(C)(=O)O)n4)C[C@H](CCCCNC(=O)OC(C)(C)C)N(Cc4cc(C#Cc5ccc(OCC(=O)O)cc5)cc(P(C)(=O)O)n4)CC3)nc(P(C)(=O)O)c2)cc1. The van der Waals surface area contributed by atoms with Crippen molar-refractivity contribution in [3.63, 3.8) is 0 Å². The molecule has 4 atom stereocenters. The van der Waals surface area contributed by atoms with E-state index in [-0.39, 0.29) is 42.0 Å². The minimum absolute atomic E-state index is 0.0100. The van der Waals surface area contributed by atoms with Crippen molar-refractivity contribution >= 4 is 50.5 Å². The average Bonchev–Trinajstić information content (AvgIpc) is 3.46. The lowest BCUT2D eigenvalue weighted by Gasteiger charge is -2.35. The van der Waals surface area contributed by atoms with E-state index >= 15 is 0 Å². The maximum Gasteiger partial charge on any atom is 0.407 e. The number of methoxy groups -OCH3 is 1. The molecule has 5 N–H and O–H groups in total. The number of hydrogen-bond acceptors (Lipinski definition) is 14. The number of aromatic nitrogens is 3. The molecule has 1 aliphatic heterocycles. The molecule has 4 heterocycles. The van der Waals surface area contributed by atoms with Crippen LogP contribution in [0.1, 0.15) is 96.1 Å². The first-order chi connectivity index (χ1) is 40.6. The molecule has 86 heavy (non-hydrogen) atoms. The van der Waals surface area contributed by atoms with E-state index in [0.717, 1.165) is 11.1 Å². The Morgan fingerprint density at radius 1 is 0.593 bits per heavy atom. The molecule has 1 fully saturated rings. The second-order valence-electron chi connectivity index (χ2n) is 22.4. The number of amides is 1. The van der Waals surface area contributed by atoms with Gasteiger partial charge in [-0.2, -0.15) is 0 Å². The van der Waals surface area contributed by atoms with Crippen LogP contribution in [0.2, 0.25) is 0 Å². The van der Waals surface area contributed by atoms with Gasteiger partial charge in [-0.25, -0.2) is 24.5 Å². The summed E-state index contributed by atoms with van der Waals surface area (Å²) in [7, 11) is -10.1. The summed E-state index contributed by atoms with van der Waals surface area (Å²) in [5.41, 5.74) is 5.41. The predicted octanol–water partition coefficient (Wildman–Crippen LogP) is 7.31. The first kappa shape index (κ1) is 66.1. The molecule has 3 aromatic heterocycles. The van der Waals surface area contributed by atoms with E-state index in [0.29, 0.717) is 115 Å². The Labute approximate surface area is 503 Å². The highest BCUT2D eigenvalue weighted by Crippen LogP contribution is 2.35. The van der Waals surface area contributed by atoms with Gasteiger partial charge < -0.3 is 39.3 Å². The van der Waals surface area contributed by atoms with Gasteiger partial charge in [0.15, 0.2) is 6.61 Å². The van der Waals surface area contributed by atoms with E-state index < -0.39 is 46.4 Å². The second kappa shape index (κ2) is 29.8. The number of pyridine rings is 3. The molecule has 0 spiro atoms. The summed E-state index contributed by atoms with van der Waals surface area (Å²) < 4.78 is 56.4. The Morgan fingerprint density at radius 3 is 1.47 bits per heavy atom. The number of unbranched alkanes of at least 4 members (excludes halogenated alkanes) is 1. The number of carbonyl (C=O) groups is 2. The van der Waals surface area contributed by atoms with Crippen molar-refractivity contribution < 1.29 is 57.3 Å². The van der Waals surface area contributed by atoms with Gasteiger partial charge >= 0.3 is 12.1 Å². The fraction of sp³-hybridized carbons (Fsp3) is 0.359. The van der Waals surface area contributed by atoms with Crippen LogP contribution < -0.4 is 31.1 Å². The van der Waals surface area contributed by atoms with Crippen molar-refractivity contribution in [2.24, 2.45) is 0 Å². The summed E-state index contributed by atoms with van der Waals surface area (Å²) in [5, 5.41) is 11.9. The van der Waals surface area contributed by atoms with E-state index in [2.05, 4.69) is 55.5 Å². The van der Waals surface area contributed by atoms with Gasteiger partial charge in [-0.3, -0.25) is 28.4 Å². The summed E-state index contributed by atoms with van der Waals surface area (Å²) in [6.07, 6.45) is 1.35. The summed E-state index contributed by atoms with van der Waals surface area (Å²) >= 11 is 0. The number of hydrogen-bond donors (Lipinski definition) is 5. The summed E-state index contributed by atoms with van der Waals surface area (Å²) in [4.78, 5) is 77.8. The highest BCUT2D eigenvalue weighted by molar-refractivity contribution is 7.65. The van der Waals surface area contributed by atoms with Crippen molar-refractivity contribution in [3.8, 4) is 47.0 Å². The number of aliphatic carboxylic acids is 1. The number of aryl methyl sites for hydroxylation is 1. The van der Waals surface area contributed by atoms with Crippen molar-refractivity contribution in [2.45, 2.75) is 78.2 Å². The fourth-order valence-electron chi connectivity index (χ4n) is 9.15. The van der Waals surface area contributed by atoms with Gasteiger partial charge in [-0.15, -0.1) is 0 Å². The first-order valence-electron chi connectivity index (χ1n) is 27.9. The largest absolute Gasteiger partial charge is 0.497 e. The number of nitrogens with one attached hydrogen (secondary N) is 1. The van der Waals surface area contributed by atoms with Crippen molar-refractivity contribution in [1.82, 2.24) is 35.0 Å². The van der Waals surface area contributed by atoms with Crippen LogP contribution >= 0.6 is 22.1 Å². The van der Waals surface area contributed by atoms with Gasteiger partial charge in [0, 0.05) is 118 Å². The minimum atomic E-state index is -3.95. The number of ether oxygens (including phenoxy) is 3. The Kier molecular flexibility index (Phi) is 22.9. The molecular weight excluding hydrogens is 1150 g/mol. The van der Waals surface area contributed by atoms with Crippen LogP contribution in [0.25, 0.3) is 0 Å². The van der Waals surface area contributed by atoms with Gasteiger partial charge in [0.25, 0.3) is 0 Å². The summed E-state index contributed by atoms with van der Waals surface area (Å²) in [6, 6.07) is 31.4. The quantitative estimate of drug-likeness (QED) is 0.0321. The van der Waals surface area contributed by atoms with E-state index in [4.69, 9.17) is 34.3 Å². The summed E-state index contributed by atoms with van der Waals surface area (Å²) in [5.74, 6) is 18.9. The van der Waals surface area contributed by atoms with Crippen molar-refractivity contribution in [2.75, 3.05) is 73.0 Å². The van der Waals surface area contributed by atoms with Crippen LogP contribution in [0.5, 0.6) is 11.5 Å². The lowest BCUT2D eigenvalue weighted by atomic mass is 10.1. The molecule has 3 unspecified atom stereocenters. The molecule has 1 aliphatic rings. The molecule has 7 rings (SSSR count). The molecule has 22 heteroatoms. The number of alkyl carbamates (subject to hydrolysis) is 1. The van der Waals surface area contributed by atoms with E-state index in [9.17, 15) is 38.0 Å². The van der Waals surface area contributed by atoms with Gasteiger partial charge in [0.05, 0.1) is 24.2 Å². The first-order valence-corrected chi connectivity index (χ1v) is 34.3. The predicted molar refractivity (Wildman–Crippen MR) is 333 cm³/mol. The zero-order chi connectivity index (χ0) is 62.2. The normalized spacial score (nSPS) is 16.2. The van der Waals surface area contributed by atoms with Gasteiger partial charge in [-0.1, -0.05) is 59.6 Å². The lowest BCUT2D eigenvalue weighted by molar-refractivity contribution is -0.139. The molecule has 452 valence electrons. The number of benzene rings is 3. The van der Waals surface area contributed by atoms with E-state index in [1.54, 1.807) is 76.4 Å². The Hall–Kier alpha value is -7.42.